The van der Waals surface area contributed by atoms with E-state index in [-0.39, 0.29) is 5.91 Å². The van der Waals surface area contributed by atoms with Crippen LogP contribution >= 0.6 is 12.2 Å². The number of nitrogens with one attached hydrogen (secondary N) is 2. The number of hydrogen-bond donors (Lipinski definition) is 2. The Morgan fingerprint density at radius 2 is 1.80 bits per heavy atom. The standard InChI is InChI=1S/C20H25N3OS/c1-4-23(18-7-5-6-16(3)14-18)13-12-21-20(25)22-19(24)17-10-8-15(2)9-11-17/h5-11,14H,4,12-13H2,1-3H3,(H2,21,22,24,25). The minimum absolute atomic E-state index is 0.191. The summed E-state index contributed by atoms with van der Waals surface area (Å²) < 4.78 is 0. The minimum atomic E-state index is -0.191. The van der Waals surface area contributed by atoms with Crippen LogP contribution in [0, 0.1) is 13.8 Å². The highest BCUT2D eigenvalue weighted by atomic mass is 32.1. The number of carbonyl (C=O) groups excluding carboxylic acids is 1. The Bertz CT molecular complexity index is 728. The first-order valence-electron chi connectivity index (χ1n) is 8.47. The molecule has 4 nitrogen and oxygen atoms in total. The average molecular weight is 356 g/mol. The number of likely N-dealkylation sites (N-methyl/N-ethyl adjacent to an activating group) is 1. The third-order valence-corrected chi connectivity index (χ3v) is 4.20. The Morgan fingerprint density at radius 3 is 2.44 bits per heavy atom. The molecule has 2 rings (SSSR count). The number of amides is 1. The summed E-state index contributed by atoms with van der Waals surface area (Å²) in [4.78, 5) is 14.4. The van der Waals surface area contributed by atoms with Crippen LogP contribution < -0.4 is 15.5 Å². The predicted molar refractivity (Wildman–Crippen MR) is 108 cm³/mol. The number of benzene rings is 2. The molecule has 25 heavy (non-hydrogen) atoms. The van der Waals surface area contributed by atoms with Crippen molar-refractivity contribution in [3.8, 4) is 0 Å². The number of aryl methyl sites for hydroxylation is 2. The van der Waals surface area contributed by atoms with Crippen LogP contribution in [-0.2, 0) is 0 Å². The Balaban J connectivity index is 1.81. The van der Waals surface area contributed by atoms with Gasteiger partial charge in [-0.1, -0.05) is 29.8 Å². The van der Waals surface area contributed by atoms with Crippen LogP contribution in [0.4, 0.5) is 5.69 Å². The third kappa shape index (κ3) is 5.87. The molecule has 0 atom stereocenters. The zero-order valence-corrected chi connectivity index (χ0v) is 15.8. The molecule has 0 fully saturated rings. The van der Waals surface area contributed by atoms with Gasteiger partial charge in [0.05, 0.1) is 0 Å². The lowest BCUT2D eigenvalue weighted by molar-refractivity contribution is 0.0976. The van der Waals surface area contributed by atoms with Gasteiger partial charge in [0.15, 0.2) is 5.11 Å². The Morgan fingerprint density at radius 1 is 1.08 bits per heavy atom. The maximum absolute atomic E-state index is 12.1. The Labute approximate surface area is 155 Å². The first-order valence-corrected chi connectivity index (χ1v) is 8.88. The molecule has 0 heterocycles. The summed E-state index contributed by atoms with van der Waals surface area (Å²) in [5.74, 6) is -0.191. The maximum Gasteiger partial charge on any atom is 0.257 e. The van der Waals surface area contributed by atoms with Crippen LogP contribution in [0.3, 0.4) is 0 Å². The van der Waals surface area contributed by atoms with Gasteiger partial charge in [-0.25, -0.2) is 0 Å². The molecule has 0 aliphatic rings. The van der Waals surface area contributed by atoms with Crippen molar-refractivity contribution in [3.05, 3.63) is 65.2 Å². The van der Waals surface area contributed by atoms with Crippen molar-refractivity contribution in [3.63, 3.8) is 0 Å². The van der Waals surface area contributed by atoms with Crippen LogP contribution in [-0.4, -0.2) is 30.7 Å². The second kappa shape index (κ2) is 9.18. The van der Waals surface area contributed by atoms with E-state index in [0.717, 1.165) is 18.7 Å². The van der Waals surface area contributed by atoms with Crippen molar-refractivity contribution in [2.24, 2.45) is 0 Å². The molecule has 2 N–H and O–H groups in total. The van der Waals surface area contributed by atoms with E-state index in [1.54, 1.807) is 12.1 Å². The summed E-state index contributed by atoms with van der Waals surface area (Å²) >= 11 is 5.22. The summed E-state index contributed by atoms with van der Waals surface area (Å²) in [6.45, 7) is 8.58. The second-order valence-corrected chi connectivity index (χ2v) is 6.40. The molecule has 1 amide bonds. The molecule has 2 aromatic rings. The lowest BCUT2D eigenvalue weighted by Gasteiger charge is -2.24. The van der Waals surface area contributed by atoms with Gasteiger partial charge in [0, 0.05) is 30.9 Å². The fourth-order valence-corrected chi connectivity index (χ4v) is 2.72. The molecule has 0 bridgehead atoms. The van der Waals surface area contributed by atoms with Gasteiger partial charge in [0.25, 0.3) is 5.91 Å². The monoisotopic (exact) mass is 355 g/mol. The van der Waals surface area contributed by atoms with Gasteiger partial charge < -0.3 is 10.2 Å². The largest absolute Gasteiger partial charge is 0.370 e. The SMILES string of the molecule is CCN(CCNC(=S)NC(=O)c1ccc(C)cc1)c1cccc(C)c1. The van der Waals surface area contributed by atoms with Crippen molar-refractivity contribution in [1.29, 1.82) is 0 Å². The van der Waals surface area contributed by atoms with Gasteiger partial charge in [-0.05, 0) is 62.8 Å². The third-order valence-electron chi connectivity index (χ3n) is 3.96. The van der Waals surface area contributed by atoms with Crippen LogP contribution in [0.1, 0.15) is 28.4 Å². The van der Waals surface area contributed by atoms with Gasteiger partial charge in [-0.3, -0.25) is 10.1 Å². The van der Waals surface area contributed by atoms with Crippen LogP contribution in [0.25, 0.3) is 0 Å². The highest BCUT2D eigenvalue weighted by molar-refractivity contribution is 7.80. The summed E-state index contributed by atoms with van der Waals surface area (Å²) in [7, 11) is 0. The molecule has 0 unspecified atom stereocenters. The lowest BCUT2D eigenvalue weighted by Crippen LogP contribution is -2.42. The molecular weight excluding hydrogens is 330 g/mol. The molecule has 0 aliphatic carbocycles. The summed E-state index contributed by atoms with van der Waals surface area (Å²) in [6.07, 6.45) is 0. The van der Waals surface area contributed by atoms with E-state index in [0.29, 0.717) is 17.2 Å². The van der Waals surface area contributed by atoms with Gasteiger partial charge in [0.2, 0.25) is 0 Å². The highest BCUT2D eigenvalue weighted by Crippen LogP contribution is 2.14. The first kappa shape index (κ1) is 18.9. The van der Waals surface area contributed by atoms with E-state index in [9.17, 15) is 4.79 Å². The van der Waals surface area contributed by atoms with Crippen molar-refractivity contribution in [2.45, 2.75) is 20.8 Å². The Kier molecular flexibility index (Phi) is 6.95. The smallest absolute Gasteiger partial charge is 0.257 e. The quantitative estimate of drug-likeness (QED) is 0.779. The summed E-state index contributed by atoms with van der Waals surface area (Å²) in [5.41, 5.74) is 4.15. The first-order chi connectivity index (χ1) is 12.0. The van der Waals surface area contributed by atoms with Crippen LogP contribution in [0.5, 0.6) is 0 Å². The average Bonchev–Trinajstić information content (AvgIpc) is 2.59. The number of hydrogen-bond acceptors (Lipinski definition) is 3. The Hall–Kier alpha value is -2.40. The van der Waals surface area contributed by atoms with Crippen molar-refractivity contribution in [2.75, 3.05) is 24.5 Å². The van der Waals surface area contributed by atoms with Crippen molar-refractivity contribution in [1.82, 2.24) is 10.6 Å². The molecule has 0 aliphatic heterocycles. The molecule has 0 spiro atoms. The highest BCUT2D eigenvalue weighted by Gasteiger charge is 2.08. The molecule has 0 radical (unpaired) electrons. The number of anilines is 1. The molecule has 132 valence electrons. The zero-order valence-electron chi connectivity index (χ0n) is 15.0. The summed E-state index contributed by atoms with van der Waals surface area (Å²) in [6, 6.07) is 15.8. The van der Waals surface area contributed by atoms with E-state index >= 15 is 0 Å². The minimum Gasteiger partial charge on any atom is -0.370 e. The predicted octanol–water partition coefficient (Wildman–Crippen LogP) is 3.43. The zero-order chi connectivity index (χ0) is 18.2. The summed E-state index contributed by atoms with van der Waals surface area (Å²) in [5, 5.41) is 6.17. The fraction of sp³-hybridized carbons (Fsp3) is 0.300. The van der Waals surface area contributed by atoms with Crippen LogP contribution in [0.15, 0.2) is 48.5 Å². The topological polar surface area (TPSA) is 44.4 Å². The number of thiocarbonyl (C=S) groups is 1. The number of rotatable bonds is 6. The molecular formula is C20H25N3OS. The van der Waals surface area contributed by atoms with E-state index in [1.165, 1.54) is 11.3 Å². The van der Waals surface area contributed by atoms with Gasteiger partial charge in [-0.2, -0.15) is 0 Å². The maximum atomic E-state index is 12.1. The van der Waals surface area contributed by atoms with E-state index in [1.807, 2.05) is 19.1 Å². The van der Waals surface area contributed by atoms with E-state index < -0.39 is 0 Å². The molecule has 2 aromatic carbocycles. The van der Waals surface area contributed by atoms with Gasteiger partial charge in [-0.15, -0.1) is 0 Å². The van der Waals surface area contributed by atoms with Crippen molar-refractivity contribution < 1.29 is 4.79 Å². The molecule has 0 saturated carbocycles. The number of nitrogens with zero attached hydrogens (tertiary/aromatic N) is 1. The van der Waals surface area contributed by atoms with E-state index in [4.69, 9.17) is 12.2 Å². The van der Waals surface area contributed by atoms with Crippen molar-refractivity contribution >= 4 is 28.9 Å². The fourth-order valence-electron chi connectivity index (χ4n) is 2.52. The second-order valence-electron chi connectivity index (χ2n) is 5.99. The van der Waals surface area contributed by atoms with Gasteiger partial charge >= 0.3 is 0 Å². The lowest BCUT2D eigenvalue weighted by atomic mass is 10.1. The van der Waals surface area contributed by atoms with E-state index in [2.05, 4.69) is 53.6 Å². The normalized spacial score (nSPS) is 10.2. The molecule has 0 aromatic heterocycles. The van der Waals surface area contributed by atoms with Gasteiger partial charge in [0.1, 0.15) is 0 Å². The molecule has 0 saturated heterocycles. The molecule has 5 heteroatoms. The van der Waals surface area contributed by atoms with Crippen LogP contribution in [0.2, 0.25) is 0 Å². The number of carbonyl (C=O) groups is 1.